The molecule has 92 valence electrons. The Morgan fingerprint density at radius 2 is 2.28 bits per heavy atom. The van der Waals surface area contributed by atoms with Crippen LogP contribution in [0.25, 0.3) is 0 Å². The van der Waals surface area contributed by atoms with Crippen molar-refractivity contribution in [2.45, 2.75) is 0 Å². The van der Waals surface area contributed by atoms with Gasteiger partial charge in [0.25, 0.3) is 5.91 Å². The van der Waals surface area contributed by atoms with Gasteiger partial charge in [0.2, 0.25) is 0 Å². The van der Waals surface area contributed by atoms with Crippen LogP contribution in [0.15, 0.2) is 22.9 Å². The van der Waals surface area contributed by atoms with Crippen LogP contribution in [-0.4, -0.2) is 25.4 Å². The van der Waals surface area contributed by atoms with Crippen molar-refractivity contribution in [1.82, 2.24) is 14.6 Å². The van der Waals surface area contributed by atoms with E-state index in [2.05, 4.69) is 35.8 Å². The number of halogens is 1. The lowest BCUT2D eigenvalue weighted by Crippen LogP contribution is -2.12. The Balaban J connectivity index is 2.29. The Labute approximate surface area is 112 Å². The fourth-order valence-electron chi connectivity index (χ4n) is 1.10. The Morgan fingerprint density at radius 1 is 1.50 bits per heavy atom. The molecule has 0 saturated heterocycles. The number of nitrogens with zero attached hydrogens (tertiary/aromatic N) is 4. The van der Waals surface area contributed by atoms with Crippen LogP contribution < -0.4 is 5.32 Å². The largest absolute Gasteiger partial charge is 0.364 e. The molecule has 0 radical (unpaired) electrons. The Kier molecular flexibility index (Phi) is 3.58. The predicted octanol–water partition coefficient (Wildman–Crippen LogP) is 1.86. The van der Waals surface area contributed by atoms with Gasteiger partial charge in [0.1, 0.15) is 5.00 Å². The molecule has 2 aromatic heterocycles. The lowest BCUT2D eigenvalue weighted by Gasteiger charge is -2.02. The molecule has 2 aromatic rings. The van der Waals surface area contributed by atoms with Gasteiger partial charge in [-0.25, -0.2) is 0 Å². The summed E-state index contributed by atoms with van der Waals surface area (Å²) in [5.74, 6) is -0.899. The first-order chi connectivity index (χ1) is 8.58. The number of carbonyl (C=O) groups is 1. The van der Waals surface area contributed by atoms with Crippen LogP contribution >= 0.6 is 27.5 Å². The first kappa shape index (κ1) is 12.5. The molecular weight excluding hydrogens is 326 g/mol. The summed E-state index contributed by atoms with van der Waals surface area (Å²) >= 11 is 4.11. The van der Waals surface area contributed by atoms with Crippen LogP contribution in [0, 0.1) is 10.1 Å². The Morgan fingerprint density at radius 3 is 2.89 bits per heavy atom. The van der Waals surface area contributed by atoms with Gasteiger partial charge in [-0.3, -0.25) is 4.79 Å². The summed E-state index contributed by atoms with van der Waals surface area (Å²) in [5, 5.41) is 17.1. The highest BCUT2D eigenvalue weighted by Gasteiger charge is 2.18. The van der Waals surface area contributed by atoms with Gasteiger partial charge in [-0.05, 0) is 25.8 Å². The minimum Gasteiger partial charge on any atom is -0.358 e. The molecule has 10 heteroatoms. The van der Waals surface area contributed by atoms with Crippen LogP contribution in [0.5, 0.6) is 0 Å². The lowest BCUT2D eigenvalue weighted by molar-refractivity contribution is -0.389. The molecule has 1 amide bonds. The van der Waals surface area contributed by atoms with Crippen LogP contribution in [0.4, 0.5) is 10.8 Å². The van der Waals surface area contributed by atoms with Crippen LogP contribution in [-0.2, 0) is 0 Å². The number of amides is 1. The summed E-state index contributed by atoms with van der Waals surface area (Å²) in [6.45, 7) is 0. The molecule has 0 aliphatic rings. The second kappa shape index (κ2) is 5.14. The monoisotopic (exact) mass is 329 g/mol. The summed E-state index contributed by atoms with van der Waals surface area (Å²) in [7, 11) is 0. The average Bonchev–Trinajstić information content (AvgIpc) is 2.81. The van der Waals surface area contributed by atoms with Crippen molar-refractivity contribution in [3.63, 3.8) is 0 Å². The van der Waals surface area contributed by atoms with E-state index in [-0.39, 0.29) is 5.56 Å². The third kappa shape index (κ3) is 2.65. The van der Waals surface area contributed by atoms with E-state index in [0.29, 0.717) is 9.47 Å². The highest BCUT2D eigenvalue weighted by atomic mass is 79.9. The topological polar surface area (TPSA) is 111 Å². The average molecular weight is 330 g/mol. The van der Waals surface area contributed by atoms with E-state index >= 15 is 0 Å². The van der Waals surface area contributed by atoms with Crippen molar-refractivity contribution in [3.05, 3.63) is 38.6 Å². The zero-order valence-corrected chi connectivity index (χ0v) is 10.9. The number of aromatic nitrogens is 3. The summed E-state index contributed by atoms with van der Waals surface area (Å²) < 4.78 is 3.95. The molecule has 0 aliphatic heterocycles. The molecule has 1 N–H and O–H groups in total. The number of rotatable bonds is 3. The molecule has 0 unspecified atom stereocenters. The molecule has 8 nitrogen and oxygen atoms in total. The van der Waals surface area contributed by atoms with Gasteiger partial charge >= 0.3 is 5.82 Å². The van der Waals surface area contributed by atoms with Gasteiger partial charge in [-0.1, -0.05) is 4.49 Å². The number of nitrogens with one attached hydrogen (secondary N) is 1. The summed E-state index contributed by atoms with van der Waals surface area (Å²) in [6, 6.07) is 1.09. The zero-order valence-electron chi connectivity index (χ0n) is 8.53. The van der Waals surface area contributed by atoms with E-state index in [4.69, 9.17) is 0 Å². The van der Waals surface area contributed by atoms with Gasteiger partial charge in [0.05, 0.1) is 16.2 Å². The number of hydrogen-bond acceptors (Lipinski definition) is 7. The van der Waals surface area contributed by atoms with Gasteiger partial charge in [0.15, 0.2) is 6.20 Å². The quantitative estimate of drug-likeness (QED) is 0.679. The van der Waals surface area contributed by atoms with Crippen molar-refractivity contribution >= 4 is 44.2 Å². The van der Waals surface area contributed by atoms with Gasteiger partial charge in [0, 0.05) is 17.6 Å². The minimum atomic E-state index is -0.669. The smallest absolute Gasteiger partial charge is 0.358 e. The van der Waals surface area contributed by atoms with E-state index in [1.807, 2.05) is 0 Å². The van der Waals surface area contributed by atoms with Crippen LogP contribution in [0.3, 0.4) is 0 Å². The number of anilines is 1. The SMILES string of the molecule is O=C(Nc1cnns1)c1cc([N+](=O)[O-])ncc1Br. The molecule has 2 rings (SSSR count). The molecule has 2 heterocycles. The number of pyridine rings is 1. The zero-order chi connectivity index (χ0) is 13.1. The standard InChI is InChI=1S/C8H4BrN5O3S/c9-5-2-10-6(14(16)17)1-4(5)8(15)12-7-3-11-13-18-7/h1-3H,(H,12,15). The third-order valence-electron chi connectivity index (χ3n) is 1.87. The van der Waals surface area contributed by atoms with E-state index in [1.165, 1.54) is 12.4 Å². The van der Waals surface area contributed by atoms with Gasteiger partial charge < -0.3 is 15.4 Å². The highest BCUT2D eigenvalue weighted by Crippen LogP contribution is 2.21. The van der Waals surface area contributed by atoms with Crippen LogP contribution in [0.2, 0.25) is 0 Å². The number of nitro groups is 1. The van der Waals surface area contributed by atoms with Gasteiger partial charge in [-0.15, -0.1) is 5.10 Å². The maximum atomic E-state index is 11.9. The molecule has 0 saturated carbocycles. The summed E-state index contributed by atoms with van der Waals surface area (Å²) in [6.07, 6.45) is 2.59. The van der Waals surface area contributed by atoms with E-state index in [9.17, 15) is 14.9 Å². The molecule has 0 atom stereocenters. The number of hydrogen-bond donors (Lipinski definition) is 1. The van der Waals surface area contributed by atoms with E-state index < -0.39 is 16.6 Å². The second-order valence-electron chi connectivity index (χ2n) is 3.02. The van der Waals surface area contributed by atoms with E-state index in [0.717, 1.165) is 17.6 Å². The fraction of sp³-hybridized carbons (Fsp3) is 0. The Bertz CT molecular complexity index is 603. The van der Waals surface area contributed by atoms with Crippen LogP contribution in [0.1, 0.15) is 10.4 Å². The Hall–Kier alpha value is -1.94. The molecule has 18 heavy (non-hydrogen) atoms. The number of carbonyl (C=O) groups excluding carboxylic acids is 1. The van der Waals surface area contributed by atoms with E-state index in [1.54, 1.807) is 0 Å². The first-order valence-corrected chi connectivity index (χ1v) is 6.03. The summed E-state index contributed by atoms with van der Waals surface area (Å²) in [4.78, 5) is 25.4. The van der Waals surface area contributed by atoms with Crippen molar-refractivity contribution in [3.8, 4) is 0 Å². The first-order valence-electron chi connectivity index (χ1n) is 4.46. The normalized spacial score (nSPS) is 10.1. The maximum Gasteiger partial charge on any atom is 0.364 e. The van der Waals surface area contributed by atoms with Crippen molar-refractivity contribution in [2.24, 2.45) is 0 Å². The molecule has 0 fully saturated rings. The molecule has 0 spiro atoms. The lowest BCUT2D eigenvalue weighted by atomic mass is 10.2. The molecule has 0 aromatic carbocycles. The maximum absolute atomic E-state index is 11.9. The molecular formula is C8H4BrN5O3S. The molecule has 0 aliphatic carbocycles. The van der Waals surface area contributed by atoms with Crippen molar-refractivity contribution < 1.29 is 9.72 Å². The van der Waals surface area contributed by atoms with Crippen molar-refractivity contribution in [2.75, 3.05) is 5.32 Å². The fourth-order valence-corrected chi connectivity index (χ4v) is 1.91. The highest BCUT2D eigenvalue weighted by molar-refractivity contribution is 9.10. The predicted molar refractivity (Wildman–Crippen MR) is 66.5 cm³/mol. The van der Waals surface area contributed by atoms with Crippen molar-refractivity contribution in [1.29, 1.82) is 0 Å². The minimum absolute atomic E-state index is 0.116. The van der Waals surface area contributed by atoms with Gasteiger partial charge in [-0.2, -0.15) is 0 Å². The second-order valence-corrected chi connectivity index (χ2v) is 4.66. The molecule has 0 bridgehead atoms. The third-order valence-corrected chi connectivity index (χ3v) is 3.08. The summed E-state index contributed by atoms with van der Waals surface area (Å²) in [5.41, 5.74) is 0.116.